The molecule has 1 aromatic carbocycles. The summed E-state index contributed by atoms with van der Waals surface area (Å²) in [5, 5.41) is 7.42. The molecule has 0 saturated carbocycles. The predicted molar refractivity (Wildman–Crippen MR) is 117 cm³/mol. The second-order valence-corrected chi connectivity index (χ2v) is 9.51. The topological polar surface area (TPSA) is 90.9 Å². The van der Waals surface area contributed by atoms with Crippen molar-refractivity contribution in [3.05, 3.63) is 36.5 Å². The highest BCUT2D eigenvalue weighted by molar-refractivity contribution is 5.93. The largest absolute Gasteiger partial charge is 0.370 e. The Morgan fingerprint density at radius 1 is 1.16 bits per heavy atom. The first-order valence-electron chi connectivity index (χ1n) is 10.5. The highest BCUT2D eigenvalue weighted by Gasteiger charge is 2.58. The van der Waals surface area contributed by atoms with Gasteiger partial charge in [-0.1, -0.05) is 18.2 Å². The SMILES string of the molecule is CO[C@@H]1O[C@H]([C@H](Nc2cccc3cccnc23)C(=O)NC(C)(C)C)[C@H]2OC(C)(C)O[C@@H]12. The number of nitrogens with zero attached hydrogens (tertiary/aromatic N) is 1. The molecule has 2 aromatic rings. The van der Waals surface area contributed by atoms with Crippen molar-refractivity contribution < 1.29 is 23.7 Å². The van der Waals surface area contributed by atoms with Gasteiger partial charge in [0, 0.05) is 24.2 Å². The van der Waals surface area contributed by atoms with Gasteiger partial charge < -0.3 is 29.6 Å². The molecule has 2 saturated heterocycles. The number of amides is 1. The van der Waals surface area contributed by atoms with Crippen molar-refractivity contribution in [2.24, 2.45) is 0 Å². The van der Waals surface area contributed by atoms with Crippen LogP contribution >= 0.6 is 0 Å². The number of hydrogen-bond donors (Lipinski definition) is 2. The number of ether oxygens (including phenoxy) is 4. The number of rotatable bonds is 5. The fourth-order valence-corrected chi connectivity index (χ4v) is 4.18. The molecule has 0 spiro atoms. The smallest absolute Gasteiger partial charge is 0.245 e. The van der Waals surface area contributed by atoms with Crippen molar-refractivity contribution in [2.75, 3.05) is 12.4 Å². The predicted octanol–water partition coefficient (Wildman–Crippen LogP) is 2.82. The molecule has 0 radical (unpaired) electrons. The fourth-order valence-electron chi connectivity index (χ4n) is 4.18. The Bertz CT molecular complexity index is 952. The summed E-state index contributed by atoms with van der Waals surface area (Å²) in [5.41, 5.74) is 1.10. The average molecular weight is 430 g/mol. The van der Waals surface area contributed by atoms with Gasteiger partial charge in [-0.05, 0) is 46.8 Å². The Hall–Kier alpha value is -2.26. The molecule has 1 amide bonds. The van der Waals surface area contributed by atoms with Crippen molar-refractivity contribution in [3.63, 3.8) is 0 Å². The van der Waals surface area contributed by atoms with Crippen LogP contribution in [0.5, 0.6) is 0 Å². The van der Waals surface area contributed by atoms with Crippen molar-refractivity contribution in [1.82, 2.24) is 10.3 Å². The molecule has 8 nitrogen and oxygen atoms in total. The van der Waals surface area contributed by atoms with E-state index >= 15 is 0 Å². The number of carbonyl (C=O) groups excluding carboxylic acids is 1. The standard InChI is InChI=1S/C23H31N3O5/c1-22(2,3)26-20(27)16(25-14-11-7-9-13-10-8-12-24-15(13)14)17-18-19(21(28-6)29-17)31-23(4,5)30-18/h7-12,16-19,21,25H,1-6H3,(H,26,27)/t16-,17+,18+,19+,21+/m0/s1. The molecule has 2 N–H and O–H groups in total. The van der Waals surface area contributed by atoms with Gasteiger partial charge in [-0.2, -0.15) is 0 Å². The lowest BCUT2D eigenvalue weighted by Crippen LogP contribution is -2.55. The number of benzene rings is 1. The maximum atomic E-state index is 13.4. The van der Waals surface area contributed by atoms with E-state index in [0.29, 0.717) is 0 Å². The Morgan fingerprint density at radius 2 is 1.87 bits per heavy atom. The van der Waals surface area contributed by atoms with Crippen LogP contribution in [0.15, 0.2) is 36.5 Å². The normalized spacial score (nSPS) is 28.3. The third-order valence-electron chi connectivity index (χ3n) is 5.33. The minimum Gasteiger partial charge on any atom is -0.370 e. The zero-order valence-electron chi connectivity index (χ0n) is 18.8. The number of hydrogen-bond acceptors (Lipinski definition) is 7. The van der Waals surface area contributed by atoms with Crippen molar-refractivity contribution in [3.8, 4) is 0 Å². The summed E-state index contributed by atoms with van der Waals surface area (Å²) >= 11 is 0. The van der Waals surface area contributed by atoms with Crippen LogP contribution in [-0.2, 0) is 23.7 Å². The minimum absolute atomic E-state index is 0.200. The summed E-state index contributed by atoms with van der Waals surface area (Å²) in [6.45, 7) is 9.52. The summed E-state index contributed by atoms with van der Waals surface area (Å²) in [4.78, 5) is 17.9. The molecule has 2 aliphatic heterocycles. The average Bonchev–Trinajstić information content (AvgIpc) is 3.17. The summed E-state index contributed by atoms with van der Waals surface area (Å²) < 4.78 is 23.8. The van der Waals surface area contributed by atoms with Gasteiger partial charge >= 0.3 is 0 Å². The maximum absolute atomic E-state index is 13.4. The molecule has 0 aliphatic carbocycles. The minimum atomic E-state index is -0.791. The Kier molecular flexibility index (Phi) is 5.68. The van der Waals surface area contributed by atoms with E-state index in [0.717, 1.165) is 16.6 Å². The molecule has 168 valence electrons. The Balaban J connectivity index is 1.70. The second-order valence-electron chi connectivity index (χ2n) is 9.51. The molecule has 31 heavy (non-hydrogen) atoms. The molecule has 5 atom stereocenters. The molecule has 8 heteroatoms. The summed E-state index contributed by atoms with van der Waals surface area (Å²) in [5.74, 6) is -0.991. The third-order valence-corrected chi connectivity index (χ3v) is 5.33. The molecule has 0 bridgehead atoms. The van der Waals surface area contributed by atoms with Gasteiger partial charge in [0.05, 0.1) is 11.2 Å². The van der Waals surface area contributed by atoms with Gasteiger partial charge in [-0.25, -0.2) is 0 Å². The van der Waals surface area contributed by atoms with E-state index < -0.39 is 42.0 Å². The van der Waals surface area contributed by atoms with E-state index in [1.165, 1.54) is 0 Å². The van der Waals surface area contributed by atoms with Gasteiger partial charge in [-0.15, -0.1) is 0 Å². The number of methoxy groups -OCH3 is 1. The van der Waals surface area contributed by atoms with E-state index in [1.807, 2.05) is 65.0 Å². The van der Waals surface area contributed by atoms with Crippen LogP contribution in [0.25, 0.3) is 10.9 Å². The van der Waals surface area contributed by atoms with E-state index in [2.05, 4.69) is 15.6 Å². The van der Waals surface area contributed by atoms with E-state index in [4.69, 9.17) is 18.9 Å². The van der Waals surface area contributed by atoms with E-state index in [1.54, 1.807) is 13.3 Å². The molecule has 2 fully saturated rings. The fraction of sp³-hybridized carbons (Fsp3) is 0.565. The number of carbonyl (C=O) groups is 1. The molecular formula is C23H31N3O5. The number of nitrogens with one attached hydrogen (secondary N) is 2. The highest BCUT2D eigenvalue weighted by Crippen LogP contribution is 2.40. The van der Waals surface area contributed by atoms with E-state index in [9.17, 15) is 4.79 Å². The van der Waals surface area contributed by atoms with Gasteiger partial charge in [0.15, 0.2) is 12.1 Å². The second kappa shape index (κ2) is 8.02. The lowest BCUT2D eigenvalue weighted by Gasteiger charge is -2.32. The molecule has 0 unspecified atom stereocenters. The highest BCUT2D eigenvalue weighted by atomic mass is 16.8. The quantitative estimate of drug-likeness (QED) is 0.755. The zero-order valence-corrected chi connectivity index (χ0v) is 18.8. The number of anilines is 1. The molecule has 1 aromatic heterocycles. The number of para-hydroxylation sites is 1. The van der Waals surface area contributed by atoms with Crippen LogP contribution in [-0.4, -0.2) is 60.0 Å². The van der Waals surface area contributed by atoms with E-state index in [-0.39, 0.29) is 5.91 Å². The number of pyridine rings is 1. The van der Waals surface area contributed by atoms with Crippen molar-refractivity contribution in [1.29, 1.82) is 0 Å². The summed E-state index contributed by atoms with van der Waals surface area (Å²) in [6.07, 6.45) is -0.419. The molecule has 2 aliphatic rings. The summed E-state index contributed by atoms with van der Waals surface area (Å²) in [7, 11) is 1.56. The van der Waals surface area contributed by atoms with Crippen molar-refractivity contribution in [2.45, 2.75) is 76.6 Å². The first-order valence-corrected chi connectivity index (χ1v) is 10.5. The van der Waals surface area contributed by atoms with Crippen LogP contribution in [0.4, 0.5) is 5.69 Å². The maximum Gasteiger partial charge on any atom is 0.245 e. The van der Waals surface area contributed by atoms with Gasteiger partial charge in [-0.3, -0.25) is 9.78 Å². The van der Waals surface area contributed by atoms with Crippen molar-refractivity contribution >= 4 is 22.5 Å². The van der Waals surface area contributed by atoms with Crippen LogP contribution in [0.2, 0.25) is 0 Å². The first-order chi connectivity index (χ1) is 14.6. The zero-order chi connectivity index (χ0) is 22.4. The molecular weight excluding hydrogens is 398 g/mol. The molecule has 4 rings (SSSR count). The lowest BCUT2D eigenvalue weighted by molar-refractivity contribution is -0.228. The number of aromatic nitrogens is 1. The Labute approximate surface area is 182 Å². The van der Waals surface area contributed by atoms with Gasteiger partial charge in [0.25, 0.3) is 0 Å². The first kappa shape index (κ1) is 22.0. The molecule has 3 heterocycles. The number of fused-ring (bicyclic) bond motifs is 2. The van der Waals surface area contributed by atoms with Crippen LogP contribution < -0.4 is 10.6 Å². The summed E-state index contributed by atoms with van der Waals surface area (Å²) in [6, 6.07) is 8.93. The monoisotopic (exact) mass is 429 g/mol. The van der Waals surface area contributed by atoms with Crippen LogP contribution in [0.1, 0.15) is 34.6 Å². The lowest BCUT2D eigenvalue weighted by atomic mass is 10.00. The van der Waals surface area contributed by atoms with Gasteiger partial charge in [0.1, 0.15) is 24.4 Å². The van der Waals surface area contributed by atoms with Crippen LogP contribution in [0, 0.1) is 0 Å². The van der Waals surface area contributed by atoms with Crippen LogP contribution in [0.3, 0.4) is 0 Å². The third kappa shape index (κ3) is 4.52. The van der Waals surface area contributed by atoms with Gasteiger partial charge in [0.2, 0.25) is 5.91 Å². The Morgan fingerprint density at radius 3 is 2.58 bits per heavy atom.